The third-order valence-electron chi connectivity index (χ3n) is 3.64. The molecule has 120 valence electrons. The summed E-state index contributed by atoms with van der Waals surface area (Å²) in [6.45, 7) is 2.10. The van der Waals surface area contributed by atoms with Crippen molar-refractivity contribution >= 4 is 23.0 Å². The molecule has 1 saturated heterocycles. The molecular weight excluding hydrogens is 290 g/mol. The molecular formula is C18H21N3O2. The molecule has 2 aromatic carbocycles. The highest BCUT2D eigenvalue weighted by molar-refractivity contribution is 5.91. The summed E-state index contributed by atoms with van der Waals surface area (Å²) >= 11 is 0. The fourth-order valence-corrected chi connectivity index (χ4v) is 2.55. The van der Waals surface area contributed by atoms with Crippen LogP contribution in [0.25, 0.3) is 0 Å². The molecule has 1 unspecified atom stereocenters. The highest BCUT2D eigenvalue weighted by atomic mass is 16.5. The molecule has 3 N–H and O–H groups in total. The van der Waals surface area contributed by atoms with Crippen molar-refractivity contribution in [1.82, 2.24) is 5.32 Å². The number of carbonyl (C=O) groups is 1. The first-order valence-corrected chi connectivity index (χ1v) is 7.83. The number of hydrogen-bond donors (Lipinski definition) is 3. The van der Waals surface area contributed by atoms with Crippen LogP contribution in [0.4, 0.5) is 17.1 Å². The van der Waals surface area contributed by atoms with Crippen LogP contribution >= 0.6 is 0 Å². The Morgan fingerprint density at radius 2 is 1.87 bits per heavy atom. The zero-order valence-electron chi connectivity index (χ0n) is 12.9. The fraction of sp³-hybridized carbons (Fsp3) is 0.278. The van der Waals surface area contributed by atoms with Crippen molar-refractivity contribution in [3.63, 3.8) is 0 Å². The van der Waals surface area contributed by atoms with Crippen molar-refractivity contribution in [2.45, 2.75) is 12.5 Å². The summed E-state index contributed by atoms with van der Waals surface area (Å²) < 4.78 is 5.37. The van der Waals surface area contributed by atoms with Gasteiger partial charge in [-0.15, -0.1) is 0 Å². The van der Waals surface area contributed by atoms with Gasteiger partial charge in [0.15, 0.2) is 0 Å². The zero-order chi connectivity index (χ0) is 15.9. The van der Waals surface area contributed by atoms with Crippen LogP contribution in [-0.2, 0) is 9.53 Å². The van der Waals surface area contributed by atoms with E-state index in [2.05, 4.69) is 16.0 Å². The molecule has 1 fully saturated rings. The molecule has 23 heavy (non-hydrogen) atoms. The van der Waals surface area contributed by atoms with E-state index in [4.69, 9.17) is 4.74 Å². The van der Waals surface area contributed by atoms with Gasteiger partial charge in [0.2, 0.25) is 5.91 Å². The lowest BCUT2D eigenvalue weighted by molar-refractivity contribution is -0.117. The van der Waals surface area contributed by atoms with Gasteiger partial charge in [-0.3, -0.25) is 4.79 Å². The Kier molecular flexibility index (Phi) is 5.24. The maximum atomic E-state index is 12.1. The van der Waals surface area contributed by atoms with E-state index < -0.39 is 0 Å². The molecule has 0 bridgehead atoms. The van der Waals surface area contributed by atoms with E-state index in [-0.39, 0.29) is 11.9 Å². The summed E-state index contributed by atoms with van der Waals surface area (Å²) in [5.74, 6) is -0.00939. The number of hydrogen-bond acceptors (Lipinski definition) is 4. The number of anilines is 3. The Labute approximate surface area is 136 Å². The van der Waals surface area contributed by atoms with Crippen molar-refractivity contribution in [2.24, 2.45) is 0 Å². The third-order valence-corrected chi connectivity index (χ3v) is 3.64. The second-order valence-electron chi connectivity index (χ2n) is 5.55. The van der Waals surface area contributed by atoms with Gasteiger partial charge >= 0.3 is 0 Å². The average molecular weight is 311 g/mol. The molecule has 0 spiro atoms. The van der Waals surface area contributed by atoms with Crippen LogP contribution < -0.4 is 16.0 Å². The molecule has 5 nitrogen and oxygen atoms in total. The molecule has 0 radical (unpaired) electrons. The first kappa shape index (κ1) is 15.5. The van der Waals surface area contributed by atoms with Crippen LogP contribution in [0, 0.1) is 0 Å². The molecule has 1 aliphatic heterocycles. The van der Waals surface area contributed by atoms with Crippen LogP contribution in [-0.4, -0.2) is 31.7 Å². The van der Waals surface area contributed by atoms with Crippen molar-refractivity contribution in [1.29, 1.82) is 0 Å². The maximum Gasteiger partial charge on any atom is 0.226 e. The number of ether oxygens (including phenoxy) is 1. The van der Waals surface area contributed by atoms with E-state index in [1.54, 1.807) is 0 Å². The van der Waals surface area contributed by atoms with E-state index in [0.29, 0.717) is 19.6 Å². The molecule has 2 aromatic rings. The lowest BCUT2D eigenvalue weighted by Crippen LogP contribution is -2.43. The summed E-state index contributed by atoms with van der Waals surface area (Å²) in [7, 11) is 0. The second-order valence-corrected chi connectivity index (χ2v) is 5.55. The molecule has 0 aromatic heterocycles. The van der Waals surface area contributed by atoms with E-state index in [1.807, 2.05) is 54.6 Å². The number of para-hydroxylation sites is 1. The highest BCUT2D eigenvalue weighted by Crippen LogP contribution is 2.20. The minimum absolute atomic E-state index is 0.00939. The van der Waals surface area contributed by atoms with Crippen LogP contribution in [0.5, 0.6) is 0 Å². The van der Waals surface area contributed by atoms with Gasteiger partial charge < -0.3 is 20.7 Å². The van der Waals surface area contributed by atoms with Gasteiger partial charge in [0.1, 0.15) is 0 Å². The van der Waals surface area contributed by atoms with Crippen molar-refractivity contribution in [2.75, 3.05) is 30.4 Å². The molecule has 1 heterocycles. The van der Waals surface area contributed by atoms with Crippen LogP contribution in [0.1, 0.15) is 6.42 Å². The molecule has 0 saturated carbocycles. The van der Waals surface area contributed by atoms with Gasteiger partial charge in [-0.05, 0) is 30.3 Å². The maximum absolute atomic E-state index is 12.1. The van der Waals surface area contributed by atoms with Gasteiger partial charge in [0.25, 0.3) is 0 Å². The summed E-state index contributed by atoms with van der Waals surface area (Å²) in [5, 5.41) is 9.54. The number of amides is 1. The zero-order valence-corrected chi connectivity index (χ0v) is 12.9. The molecule has 0 aliphatic carbocycles. The van der Waals surface area contributed by atoms with E-state index in [1.165, 1.54) is 0 Å². The van der Waals surface area contributed by atoms with Gasteiger partial charge in [-0.1, -0.05) is 24.3 Å². The minimum atomic E-state index is -0.00939. The van der Waals surface area contributed by atoms with Crippen molar-refractivity contribution < 1.29 is 9.53 Å². The summed E-state index contributed by atoms with van der Waals surface area (Å²) in [6, 6.07) is 17.7. The fourth-order valence-electron chi connectivity index (χ4n) is 2.55. The normalized spacial score (nSPS) is 17.5. The Morgan fingerprint density at radius 1 is 1.09 bits per heavy atom. The smallest absolute Gasteiger partial charge is 0.226 e. The first-order valence-electron chi connectivity index (χ1n) is 7.83. The molecule has 3 rings (SSSR count). The standard InChI is InChI=1S/C18H21N3O2/c22-18(12-17-13-23-10-9-19-17)21-16-8-4-7-15(11-16)20-14-5-2-1-3-6-14/h1-8,11,17,19-20H,9-10,12-13H2,(H,21,22). The monoisotopic (exact) mass is 311 g/mol. The minimum Gasteiger partial charge on any atom is -0.378 e. The highest BCUT2D eigenvalue weighted by Gasteiger charge is 2.16. The lowest BCUT2D eigenvalue weighted by atomic mass is 10.2. The van der Waals surface area contributed by atoms with Crippen LogP contribution in [0.3, 0.4) is 0 Å². The van der Waals surface area contributed by atoms with Gasteiger partial charge in [-0.25, -0.2) is 0 Å². The van der Waals surface area contributed by atoms with Gasteiger partial charge in [-0.2, -0.15) is 0 Å². The number of morpholine rings is 1. The van der Waals surface area contributed by atoms with Gasteiger partial charge in [0, 0.05) is 36.1 Å². The molecule has 1 aliphatic rings. The molecule has 1 amide bonds. The SMILES string of the molecule is O=C(CC1COCCN1)Nc1cccc(Nc2ccccc2)c1. The van der Waals surface area contributed by atoms with E-state index in [0.717, 1.165) is 23.6 Å². The van der Waals surface area contributed by atoms with Crippen molar-refractivity contribution in [3.8, 4) is 0 Å². The number of rotatable bonds is 5. The predicted octanol–water partition coefficient (Wildman–Crippen LogP) is 2.75. The third kappa shape index (κ3) is 4.81. The number of benzene rings is 2. The first-order chi connectivity index (χ1) is 11.3. The van der Waals surface area contributed by atoms with Gasteiger partial charge in [0.05, 0.1) is 13.2 Å². The Balaban J connectivity index is 1.57. The van der Waals surface area contributed by atoms with Crippen LogP contribution in [0.2, 0.25) is 0 Å². The van der Waals surface area contributed by atoms with Crippen molar-refractivity contribution in [3.05, 3.63) is 54.6 Å². The second kappa shape index (κ2) is 7.76. The molecule has 5 heteroatoms. The Hall–Kier alpha value is -2.37. The van der Waals surface area contributed by atoms with Crippen LogP contribution in [0.15, 0.2) is 54.6 Å². The largest absolute Gasteiger partial charge is 0.378 e. The Bertz CT molecular complexity index is 640. The lowest BCUT2D eigenvalue weighted by Gasteiger charge is -2.23. The summed E-state index contributed by atoms with van der Waals surface area (Å²) in [4.78, 5) is 12.1. The quantitative estimate of drug-likeness (QED) is 0.794. The predicted molar refractivity (Wildman–Crippen MR) is 92.0 cm³/mol. The molecule has 1 atom stereocenters. The number of nitrogens with one attached hydrogen (secondary N) is 3. The number of carbonyl (C=O) groups excluding carboxylic acids is 1. The topological polar surface area (TPSA) is 62.4 Å². The summed E-state index contributed by atoms with van der Waals surface area (Å²) in [6.07, 6.45) is 0.413. The van der Waals surface area contributed by atoms with E-state index in [9.17, 15) is 4.79 Å². The Morgan fingerprint density at radius 3 is 2.65 bits per heavy atom. The average Bonchev–Trinajstić information content (AvgIpc) is 2.57. The summed E-state index contributed by atoms with van der Waals surface area (Å²) in [5.41, 5.74) is 2.74. The van der Waals surface area contributed by atoms with E-state index >= 15 is 0 Å².